The molecule has 5 heterocycles. The number of esters is 2. The van der Waals surface area contributed by atoms with E-state index in [1.54, 1.807) is 17.6 Å². The average molecular weight is 801 g/mol. The molecule has 0 aliphatic carbocycles. The number of carbonyl (C=O) groups excluding carboxylic acids is 3. The van der Waals surface area contributed by atoms with Gasteiger partial charge in [0, 0.05) is 40.5 Å². The van der Waals surface area contributed by atoms with Crippen LogP contribution in [0, 0.1) is 0 Å². The van der Waals surface area contributed by atoms with E-state index in [-0.39, 0.29) is 56.5 Å². The van der Waals surface area contributed by atoms with Gasteiger partial charge in [-0.1, -0.05) is 53.1 Å². The molecule has 298 valence electrons. The Morgan fingerprint density at radius 1 is 0.909 bits per heavy atom. The van der Waals surface area contributed by atoms with Crippen LogP contribution in [0.5, 0.6) is 0 Å². The summed E-state index contributed by atoms with van der Waals surface area (Å²) in [5, 5.41) is 1.64. The average Bonchev–Trinajstić information content (AvgIpc) is 3.84. The summed E-state index contributed by atoms with van der Waals surface area (Å²) < 4.78 is 45.0. The number of benzene rings is 1. The Labute approximate surface area is 327 Å². The van der Waals surface area contributed by atoms with Crippen molar-refractivity contribution in [2.75, 3.05) is 71.8 Å². The van der Waals surface area contributed by atoms with Gasteiger partial charge in [0.05, 0.1) is 75.3 Å². The lowest BCUT2D eigenvalue weighted by molar-refractivity contribution is -0.175. The number of ether oxygens (including phenoxy) is 8. The van der Waals surface area contributed by atoms with E-state index in [1.165, 1.54) is 18.6 Å². The van der Waals surface area contributed by atoms with Crippen molar-refractivity contribution in [2.24, 2.45) is 0 Å². The number of unbranched alkanes of at least 4 members (excludes halogenated alkanes) is 1. The number of nitrogens with zero attached hydrogens (tertiary/aromatic N) is 2. The van der Waals surface area contributed by atoms with Crippen LogP contribution in [-0.2, 0) is 66.1 Å². The van der Waals surface area contributed by atoms with Crippen molar-refractivity contribution in [3.05, 3.63) is 69.3 Å². The predicted octanol–water partition coefficient (Wildman–Crippen LogP) is 5.43. The molecule has 0 N–H and O–H groups in total. The third-order valence-corrected chi connectivity index (χ3v) is 12.6. The summed E-state index contributed by atoms with van der Waals surface area (Å²) in [6.07, 6.45) is 4.16. The quantitative estimate of drug-likeness (QED) is 0.0428. The van der Waals surface area contributed by atoms with E-state index in [2.05, 4.69) is 0 Å². The lowest BCUT2D eigenvalue weighted by Gasteiger charge is -2.35. The highest BCUT2D eigenvalue weighted by molar-refractivity contribution is 8.77. The smallest absolute Gasteiger partial charge is 0.463 e. The molecule has 0 bridgehead atoms. The Balaban J connectivity index is 0.816. The number of hydrogen-bond acceptors (Lipinski definition) is 15. The molecule has 2 atom stereocenters. The minimum Gasteiger partial charge on any atom is -0.463 e. The topological polar surface area (TPSA) is 160 Å². The van der Waals surface area contributed by atoms with Crippen LogP contribution in [0.4, 0.5) is 4.79 Å². The number of hydrogen-bond donors (Lipinski definition) is 0. The van der Waals surface area contributed by atoms with Crippen LogP contribution in [0.3, 0.4) is 0 Å². The molecule has 1 fully saturated rings. The second-order valence-electron chi connectivity index (χ2n) is 13.2. The van der Waals surface area contributed by atoms with Gasteiger partial charge in [-0.3, -0.25) is 19.1 Å². The fraction of sp³-hybridized carbons (Fsp3) is 0.564. The second kappa shape index (κ2) is 20.5. The number of pyridine rings is 2. The van der Waals surface area contributed by atoms with Crippen LogP contribution < -0.4 is 5.56 Å². The summed E-state index contributed by atoms with van der Waals surface area (Å²) >= 11 is 0. The van der Waals surface area contributed by atoms with Crippen LogP contribution in [0.2, 0.25) is 0 Å². The van der Waals surface area contributed by atoms with E-state index in [0.29, 0.717) is 69.4 Å². The standard InChI is InChI=1S/C39H48N2O12S2/c1-2-39(31-24-28-25-33-34(23-27-7-3-5-9-32(27)40-33)41(28)36(43)30(31)26-52-37(39)44)53-38(45)51-21-19-49-17-15-47-13-12-46-14-16-48-18-20-50-35(42)10-6-4-8-29-11-22-54-55-29/h3,5,7,9,23-24,29H,2,4,6,8,10-22,25-26H2,1H3. The minimum atomic E-state index is -1.84. The fourth-order valence-electron chi connectivity index (χ4n) is 6.71. The number of aromatic nitrogens is 2. The van der Waals surface area contributed by atoms with Crippen LogP contribution in [-0.4, -0.2) is 105 Å². The maximum atomic E-state index is 13.8. The molecule has 2 aromatic heterocycles. The lowest BCUT2D eigenvalue weighted by atomic mass is 9.85. The summed E-state index contributed by atoms with van der Waals surface area (Å²) in [4.78, 5) is 56.4. The van der Waals surface area contributed by atoms with Crippen molar-refractivity contribution >= 4 is 50.6 Å². The van der Waals surface area contributed by atoms with Crippen LogP contribution >= 0.6 is 21.6 Å². The first-order chi connectivity index (χ1) is 26.9. The van der Waals surface area contributed by atoms with Gasteiger partial charge in [0.25, 0.3) is 5.56 Å². The maximum Gasteiger partial charge on any atom is 0.509 e. The molecule has 0 saturated carbocycles. The Hall–Kier alpha value is -3.67. The highest BCUT2D eigenvalue weighted by Crippen LogP contribution is 2.41. The van der Waals surface area contributed by atoms with Gasteiger partial charge in [0.15, 0.2) is 0 Å². The molecular formula is C39H48N2O12S2. The van der Waals surface area contributed by atoms with Gasteiger partial charge in [-0.15, -0.1) is 0 Å². The first kappa shape index (κ1) is 41.0. The highest BCUT2D eigenvalue weighted by Gasteiger charge is 2.51. The van der Waals surface area contributed by atoms with Gasteiger partial charge in [-0.05, 0) is 43.9 Å². The van der Waals surface area contributed by atoms with Gasteiger partial charge >= 0.3 is 18.1 Å². The molecule has 14 nitrogen and oxygen atoms in total. The summed E-state index contributed by atoms with van der Waals surface area (Å²) in [5.74, 6) is 0.295. The monoisotopic (exact) mass is 800 g/mol. The Bertz CT molecular complexity index is 1850. The van der Waals surface area contributed by atoms with Gasteiger partial charge < -0.3 is 37.9 Å². The fourth-order valence-corrected chi connectivity index (χ4v) is 9.74. The van der Waals surface area contributed by atoms with Gasteiger partial charge in [-0.25, -0.2) is 9.59 Å². The van der Waals surface area contributed by atoms with Crippen LogP contribution in [0.25, 0.3) is 16.6 Å². The van der Waals surface area contributed by atoms with E-state index < -0.39 is 17.7 Å². The number of para-hydroxylation sites is 1. The van der Waals surface area contributed by atoms with Crippen molar-refractivity contribution in [1.82, 2.24) is 9.55 Å². The van der Waals surface area contributed by atoms with Crippen LogP contribution in [0.1, 0.15) is 68.0 Å². The first-order valence-electron chi connectivity index (χ1n) is 18.8. The Morgan fingerprint density at radius 3 is 2.29 bits per heavy atom. The van der Waals surface area contributed by atoms with Crippen molar-refractivity contribution in [3.63, 3.8) is 0 Å². The molecule has 3 aliphatic rings. The molecule has 1 saturated heterocycles. The van der Waals surface area contributed by atoms with Gasteiger partial charge in [-0.2, -0.15) is 0 Å². The Morgan fingerprint density at radius 2 is 1.60 bits per heavy atom. The number of fused-ring (bicyclic) bond motifs is 5. The predicted molar refractivity (Wildman–Crippen MR) is 206 cm³/mol. The summed E-state index contributed by atoms with van der Waals surface area (Å²) in [6.45, 7) is 4.07. The molecule has 16 heteroatoms. The molecule has 3 aliphatic heterocycles. The summed E-state index contributed by atoms with van der Waals surface area (Å²) in [6, 6.07) is 11.3. The first-order valence-corrected chi connectivity index (χ1v) is 21.2. The zero-order valence-electron chi connectivity index (χ0n) is 31.1. The minimum absolute atomic E-state index is 0.0347. The lowest BCUT2D eigenvalue weighted by Crippen LogP contribution is -2.47. The van der Waals surface area contributed by atoms with Crippen molar-refractivity contribution < 1.29 is 52.3 Å². The summed E-state index contributed by atoms with van der Waals surface area (Å²) in [7, 11) is 3.91. The third kappa shape index (κ3) is 10.6. The molecule has 0 radical (unpaired) electrons. The highest BCUT2D eigenvalue weighted by atomic mass is 33.1. The molecule has 1 aromatic carbocycles. The maximum absolute atomic E-state index is 13.8. The molecule has 0 amide bonds. The summed E-state index contributed by atoms with van der Waals surface area (Å²) in [5.41, 5.74) is 1.25. The van der Waals surface area contributed by atoms with Crippen molar-refractivity contribution in [3.8, 4) is 5.69 Å². The van der Waals surface area contributed by atoms with E-state index in [1.807, 2.05) is 51.9 Å². The van der Waals surface area contributed by atoms with E-state index in [0.717, 1.165) is 34.7 Å². The molecular weight excluding hydrogens is 753 g/mol. The second-order valence-corrected chi connectivity index (χ2v) is 16.0. The molecule has 6 rings (SSSR count). The van der Waals surface area contributed by atoms with Gasteiger partial charge in [0.1, 0.15) is 19.8 Å². The molecule has 0 spiro atoms. The molecule has 2 unspecified atom stereocenters. The van der Waals surface area contributed by atoms with Gasteiger partial charge in [0.2, 0.25) is 5.60 Å². The van der Waals surface area contributed by atoms with E-state index >= 15 is 0 Å². The van der Waals surface area contributed by atoms with Crippen molar-refractivity contribution in [1.29, 1.82) is 0 Å². The zero-order chi connectivity index (χ0) is 38.5. The zero-order valence-corrected chi connectivity index (χ0v) is 32.7. The molecule has 55 heavy (non-hydrogen) atoms. The van der Waals surface area contributed by atoms with E-state index in [4.69, 9.17) is 42.9 Å². The normalized spacial score (nSPS) is 18.4. The van der Waals surface area contributed by atoms with Crippen LogP contribution in [0.15, 0.2) is 41.2 Å². The third-order valence-electron chi connectivity index (χ3n) is 9.56. The SMILES string of the molecule is CCC1(OC(=O)OCCOCCOCCOCCOCCOC(=O)CCCCC2CCSS2)C(=O)OCc2c1cc1n(c2=O)-c2cc3ccccc3nc2C1. The van der Waals surface area contributed by atoms with E-state index in [9.17, 15) is 19.2 Å². The largest absolute Gasteiger partial charge is 0.509 e. The number of carbonyl (C=O) groups is 3. The van der Waals surface area contributed by atoms with Crippen molar-refractivity contribution in [2.45, 2.75) is 69.3 Å². The number of rotatable bonds is 22. The number of cyclic esters (lactones) is 1. The molecule has 3 aromatic rings. The Kier molecular flexibility index (Phi) is 15.3.